The summed E-state index contributed by atoms with van der Waals surface area (Å²) in [4.78, 5) is 14.6. The van der Waals surface area contributed by atoms with Crippen LogP contribution in [0.25, 0.3) is 0 Å². The zero-order valence-corrected chi connectivity index (χ0v) is 12.5. The molecule has 0 aliphatic carbocycles. The van der Waals surface area contributed by atoms with Gasteiger partial charge in [0, 0.05) is 5.56 Å². The van der Waals surface area contributed by atoms with E-state index in [0.717, 1.165) is 0 Å². The molecule has 1 aromatic carbocycles. The van der Waals surface area contributed by atoms with Crippen LogP contribution in [0.5, 0.6) is 0 Å². The first-order chi connectivity index (χ1) is 10.4. The van der Waals surface area contributed by atoms with Crippen molar-refractivity contribution in [3.05, 3.63) is 57.8 Å². The van der Waals surface area contributed by atoms with Gasteiger partial charge in [-0.2, -0.15) is 0 Å². The number of pyridine rings is 1. The number of aryl methyl sites for hydroxylation is 1. The topological polar surface area (TPSA) is 102 Å². The van der Waals surface area contributed by atoms with Crippen molar-refractivity contribution >= 4 is 21.3 Å². The van der Waals surface area contributed by atoms with E-state index in [2.05, 4.69) is 10.3 Å². The molecule has 1 atom stereocenters. The van der Waals surface area contributed by atoms with E-state index in [1.807, 2.05) is 0 Å². The number of nitrogens with zero attached hydrogens (tertiary/aromatic N) is 2. The highest BCUT2D eigenvalue weighted by molar-refractivity contribution is 7.91. The molecule has 0 saturated carbocycles. The third-order valence-electron chi connectivity index (χ3n) is 3.62. The van der Waals surface area contributed by atoms with Gasteiger partial charge in [0.05, 0.1) is 21.6 Å². The van der Waals surface area contributed by atoms with Crippen LogP contribution in [0.15, 0.2) is 41.4 Å². The Morgan fingerprint density at radius 3 is 2.77 bits per heavy atom. The molecule has 0 fully saturated rings. The number of nitrogens with one attached hydrogen (secondary N) is 1. The third-order valence-corrected chi connectivity index (χ3v) is 5.43. The predicted molar refractivity (Wildman–Crippen MR) is 80.5 cm³/mol. The van der Waals surface area contributed by atoms with Gasteiger partial charge in [-0.1, -0.05) is 18.2 Å². The highest BCUT2D eigenvalue weighted by Gasteiger charge is 2.34. The monoisotopic (exact) mass is 319 g/mol. The number of anilines is 1. The zero-order valence-electron chi connectivity index (χ0n) is 11.7. The molecule has 1 N–H and O–H groups in total. The van der Waals surface area contributed by atoms with Gasteiger partial charge < -0.3 is 5.32 Å². The highest BCUT2D eigenvalue weighted by atomic mass is 32.2. The second kappa shape index (κ2) is 5.06. The summed E-state index contributed by atoms with van der Waals surface area (Å²) < 4.78 is 24.2. The normalized spacial score (nSPS) is 18.7. The molecule has 1 aliphatic rings. The summed E-state index contributed by atoms with van der Waals surface area (Å²) in [7, 11) is -3.31. The van der Waals surface area contributed by atoms with Crippen LogP contribution in [0.2, 0.25) is 0 Å². The van der Waals surface area contributed by atoms with Crippen molar-refractivity contribution in [3.8, 4) is 0 Å². The van der Waals surface area contributed by atoms with Gasteiger partial charge in [0.1, 0.15) is 12.0 Å². The Bertz CT molecular complexity index is 864. The second-order valence-corrected chi connectivity index (χ2v) is 7.13. The fraction of sp³-hybridized carbons (Fsp3) is 0.214. The van der Waals surface area contributed by atoms with Crippen LogP contribution < -0.4 is 5.32 Å². The molecule has 1 aromatic heterocycles. The molecule has 0 amide bonds. The molecule has 22 heavy (non-hydrogen) atoms. The van der Waals surface area contributed by atoms with Gasteiger partial charge >= 0.3 is 0 Å². The molecule has 3 rings (SSSR count). The van der Waals surface area contributed by atoms with Crippen molar-refractivity contribution in [2.45, 2.75) is 17.9 Å². The van der Waals surface area contributed by atoms with Crippen molar-refractivity contribution < 1.29 is 13.3 Å². The lowest BCUT2D eigenvalue weighted by Crippen LogP contribution is -2.14. The first kappa shape index (κ1) is 14.5. The fourth-order valence-electron chi connectivity index (χ4n) is 2.57. The summed E-state index contributed by atoms with van der Waals surface area (Å²) in [5, 5.41) is 13.8. The molecule has 0 unspecified atom stereocenters. The molecule has 0 spiro atoms. The molecule has 8 heteroatoms. The number of benzene rings is 1. The Hall–Kier alpha value is -2.48. The van der Waals surface area contributed by atoms with E-state index in [9.17, 15) is 18.5 Å². The Morgan fingerprint density at radius 2 is 2.09 bits per heavy atom. The van der Waals surface area contributed by atoms with E-state index in [4.69, 9.17) is 0 Å². The quantitative estimate of drug-likeness (QED) is 0.687. The van der Waals surface area contributed by atoms with Crippen LogP contribution in [-0.2, 0) is 9.84 Å². The van der Waals surface area contributed by atoms with Crippen molar-refractivity contribution in [2.75, 3.05) is 11.1 Å². The second-order valence-electron chi connectivity index (χ2n) is 5.13. The van der Waals surface area contributed by atoms with Crippen molar-refractivity contribution in [1.82, 2.24) is 4.98 Å². The summed E-state index contributed by atoms with van der Waals surface area (Å²) in [5.74, 6) is 0.365. The minimum Gasteiger partial charge on any atom is -0.362 e. The van der Waals surface area contributed by atoms with Crippen molar-refractivity contribution in [1.29, 1.82) is 0 Å². The van der Waals surface area contributed by atoms with E-state index in [0.29, 0.717) is 21.8 Å². The Morgan fingerprint density at radius 1 is 1.36 bits per heavy atom. The summed E-state index contributed by atoms with van der Waals surface area (Å²) in [5.41, 5.74) is 1.10. The summed E-state index contributed by atoms with van der Waals surface area (Å²) in [6.07, 6.45) is 1.17. The number of nitro groups is 1. The standard InChI is InChI=1S/C14H13N3O4S/c1-9-6-14(15-7-12(9)17(18)19)16-11-8-22(20,21)13-5-3-2-4-10(11)13/h2-7,11H,8H2,1H3,(H,15,16)/t11-/m0/s1. The molecule has 7 nitrogen and oxygen atoms in total. The van der Waals surface area contributed by atoms with E-state index in [1.54, 1.807) is 37.3 Å². The number of hydrogen-bond acceptors (Lipinski definition) is 6. The molecule has 0 bridgehead atoms. The van der Waals surface area contributed by atoms with Gasteiger partial charge in [0.2, 0.25) is 0 Å². The summed E-state index contributed by atoms with van der Waals surface area (Å²) in [6, 6.07) is 7.95. The lowest BCUT2D eigenvalue weighted by molar-refractivity contribution is -0.385. The van der Waals surface area contributed by atoms with Crippen LogP contribution >= 0.6 is 0 Å². The first-order valence-corrected chi connectivity index (χ1v) is 8.23. The maximum Gasteiger partial charge on any atom is 0.290 e. The smallest absolute Gasteiger partial charge is 0.290 e. The maximum absolute atomic E-state index is 12.1. The molecule has 0 radical (unpaired) electrons. The fourth-order valence-corrected chi connectivity index (χ4v) is 4.30. The molecule has 1 aliphatic heterocycles. The first-order valence-electron chi connectivity index (χ1n) is 6.58. The Labute approximate surface area is 127 Å². The average Bonchev–Trinajstić information content (AvgIpc) is 2.70. The van der Waals surface area contributed by atoms with Crippen molar-refractivity contribution in [3.63, 3.8) is 0 Å². The molecular weight excluding hydrogens is 306 g/mol. The van der Waals surface area contributed by atoms with E-state index in [1.165, 1.54) is 6.20 Å². The van der Waals surface area contributed by atoms with Gasteiger partial charge in [-0.25, -0.2) is 13.4 Å². The van der Waals surface area contributed by atoms with E-state index >= 15 is 0 Å². The highest BCUT2D eigenvalue weighted by Crippen LogP contribution is 2.35. The van der Waals surface area contributed by atoms with Crippen LogP contribution in [0.1, 0.15) is 17.2 Å². The van der Waals surface area contributed by atoms with Crippen LogP contribution in [-0.4, -0.2) is 24.1 Å². The lowest BCUT2D eigenvalue weighted by atomic mass is 10.1. The minimum absolute atomic E-state index is 0.0515. The van der Waals surface area contributed by atoms with E-state index < -0.39 is 20.8 Å². The summed E-state index contributed by atoms with van der Waals surface area (Å²) >= 11 is 0. The molecule has 2 heterocycles. The number of aromatic nitrogens is 1. The van der Waals surface area contributed by atoms with Crippen LogP contribution in [0.3, 0.4) is 0 Å². The van der Waals surface area contributed by atoms with Gasteiger partial charge in [0.25, 0.3) is 5.69 Å². The van der Waals surface area contributed by atoms with Crippen LogP contribution in [0, 0.1) is 17.0 Å². The molecular formula is C14H13N3O4S. The van der Waals surface area contributed by atoms with E-state index in [-0.39, 0.29) is 11.4 Å². The minimum atomic E-state index is -3.31. The van der Waals surface area contributed by atoms with Gasteiger partial charge in [-0.05, 0) is 24.6 Å². The van der Waals surface area contributed by atoms with Gasteiger partial charge in [-0.3, -0.25) is 10.1 Å². The number of hydrogen-bond donors (Lipinski definition) is 1. The number of rotatable bonds is 3. The predicted octanol–water partition coefficient (Wildman–Crippen LogP) is 2.24. The number of sulfone groups is 1. The van der Waals surface area contributed by atoms with Gasteiger partial charge in [-0.15, -0.1) is 0 Å². The Balaban J connectivity index is 1.92. The largest absolute Gasteiger partial charge is 0.362 e. The molecule has 2 aromatic rings. The van der Waals surface area contributed by atoms with Gasteiger partial charge in [0.15, 0.2) is 9.84 Å². The molecule has 0 saturated heterocycles. The SMILES string of the molecule is Cc1cc(N[C@H]2CS(=O)(=O)c3ccccc32)ncc1[N+](=O)[O-]. The van der Waals surface area contributed by atoms with Crippen molar-refractivity contribution in [2.24, 2.45) is 0 Å². The average molecular weight is 319 g/mol. The summed E-state index contributed by atoms with van der Waals surface area (Å²) in [6.45, 7) is 1.62. The molecule has 114 valence electrons. The third kappa shape index (κ3) is 2.41. The van der Waals surface area contributed by atoms with Crippen LogP contribution in [0.4, 0.5) is 11.5 Å². The zero-order chi connectivity index (χ0) is 15.9. The Kier molecular flexibility index (Phi) is 3.32. The number of fused-ring (bicyclic) bond motifs is 1. The maximum atomic E-state index is 12.1. The lowest BCUT2D eigenvalue weighted by Gasteiger charge is -2.13.